The third-order valence-corrected chi connectivity index (χ3v) is 3.66. The summed E-state index contributed by atoms with van der Waals surface area (Å²) < 4.78 is 0. The van der Waals surface area contributed by atoms with Gasteiger partial charge < -0.3 is 16.0 Å². The van der Waals surface area contributed by atoms with Gasteiger partial charge in [0.1, 0.15) is 5.82 Å². The number of carbonyl (C=O) groups excluding carboxylic acids is 2. The molecule has 0 bridgehead atoms. The van der Waals surface area contributed by atoms with Gasteiger partial charge in [0.2, 0.25) is 11.8 Å². The van der Waals surface area contributed by atoms with Crippen molar-refractivity contribution < 1.29 is 9.59 Å². The predicted molar refractivity (Wildman–Crippen MR) is 80.6 cm³/mol. The number of rotatable bonds is 3. The van der Waals surface area contributed by atoms with Crippen molar-refractivity contribution in [3.8, 4) is 0 Å². The average Bonchev–Trinajstić information content (AvgIpc) is 2.48. The summed E-state index contributed by atoms with van der Waals surface area (Å²) in [5.74, 6) is 0.153. The summed E-state index contributed by atoms with van der Waals surface area (Å²) in [5.41, 5.74) is 6.67. The molecule has 1 saturated heterocycles. The molecule has 114 valence electrons. The second-order valence-electron chi connectivity index (χ2n) is 5.62. The fourth-order valence-corrected chi connectivity index (χ4v) is 2.45. The van der Waals surface area contributed by atoms with Crippen LogP contribution in [0.25, 0.3) is 0 Å². The van der Waals surface area contributed by atoms with Crippen molar-refractivity contribution in [2.24, 2.45) is 11.7 Å². The van der Waals surface area contributed by atoms with Crippen molar-refractivity contribution in [3.05, 3.63) is 23.9 Å². The lowest BCUT2D eigenvalue weighted by atomic mass is 9.96. The second kappa shape index (κ2) is 6.67. The molecule has 1 unspecified atom stereocenters. The predicted octanol–water partition coefficient (Wildman–Crippen LogP) is 0.914. The summed E-state index contributed by atoms with van der Waals surface area (Å²) in [4.78, 5) is 30.0. The van der Waals surface area contributed by atoms with Crippen LogP contribution in [0.2, 0.25) is 0 Å². The number of likely N-dealkylation sites (tertiary alicyclic amines) is 1. The molecule has 0 spiro atoms. The van der Waals surface area contributed by atoms with E-state index in [1.165, 1.54) is 0 Å². The summed E-state index contributed by atoms with van der Waals surface area (Å²) in [7, 11) is 0. The number of hydrogen-bond donors (Lipinski definition) is 2. The number of aryl methyl sites for hydroxylation is 1. The van der Waals surface area contributed by atoms with Gasteiger partial charge in [0.05, 0.1) is 12.0 Å². The second-order valence-corrected chi connectivity index (χ2v) is 5.62. The zero-order chi connectivity index (χ0) is 15.4. The normalized spacial score (nSPS) is 20.0. The highest BCUT2D eigenvalue weighted by Gasteiger charge is 2.29. The number of pyridine rings is 1. The van der Waals surface area contributed by atoms with Crippen LogP contribution in [-0.2, 0) is 9.59 Å². The maximum absolute atomic E-state index is 12.3. The first-order chi connectivity index (χ1) is 9.97. The molecule has 1 aromatic rings. The molecule has 2 heterocycles. The van der Waals surface area contributed by atoms with Crippen LogP contribution in [0.1, 0.15) is 25.3 Å². The zero-order valence-electron chi connectivity index (χ0n) is 12.5. The molecule has 0 aliphatic carbocycles. The summed E-state index contributed by atoms with van der Waals surface area (Å²) in [6.45, 7) is 4.71. The maximum Gasteiger partial charge on any atom is 0.239 e. The monoisotopic (exact) mass is 290 g/mol. The summed E-state index contributed by atoms with van der Waals surface area (Å²) in [6, 6.07) is 3.15. The van der Waals surface area contributed by atoms with Gasteiger partial charge in [0, 0.05) is 19.3 Å². The first-order valence-corrected chi connectivity index (χ1v) is 7.25. The van der Waals surface area contributed by atoms with E-state index >= 15 is 0 Å². The molecule has 1 fully saturated rings. The Labute approximate surface area is 124 Å². The van der Waals surface area contributed by atoms with E-state index in [2.05, 4.69) is 10.3 Å². The third-order valence-electron chi connectivity index (χ3n) is 3.66. The number of piperidine rings is 1. The Morgan fingerprint density at radius 2 is 2.24 bits per heavy atom. The van der Waals surface area contributed by atoms with Gasteiger partial charge in [-0.25, -0.2) is 4.98 Å². The van der Waals surface area contributed by atoms with Crippen LogP contribution in [0, 0.1) is 12.8 Å². The lowest BCUT2D eigenvalue weighted by Crippen LogP contribution is -2.48. The first kappa shape index (κ1) is 15.4. The van der Waals surface area contributed by atoms with Crippen molar-refractivity contribution in [2.75, 3.05) is 18.4 Å². The molecule has 0 radical (unpaired) electrons. The van der Waals surface area contributed by atoms with Crippen molar-refractivity contribution in [1.29, 1.82) is 0 Å². The Morgan fingerprint density at radius 1 is 1.48 bits per heavy atom. The topological polar surface area (TPSA) is 88.3 Å². The Bertz CT molecular complexity index is 513. The van der Waals surface area contributed by atoms with Gasteiger partial charge >= 0.3 is 0 Å². The van der Waals surface area contributed by atoms with Crippen LogP contribution in [0.4, 0.5) is 5.82 Å². The van der Waals surface area contributed by atoms with Gasteiger partial charge in [-0.2, -0.15) is 0 Å². The molecule has 2 atom stereocenters. The maximum atomic E-state index is 12.3. The minimum Gasteiger partial charge on any atom is -0.341 e. The Hall–Kier alpha value is -1.95. The third kappa shape index (κ3) is 4.01. The number of carbonyl (C=O) groups is 2. The highest BCUT2D eigenvalue weighted by molar-refractivity contribution is 5.92. The molecule has 6 heteroatoms. The van der Waals surface area contributed by atoms with Crippen LogP contribution < -0.4 is 11.1 Å². The highest BCUT2D eigenvalue weighted by Crippen LogP contribution is 2.19. The van der Waals surface area contributed by atoms with Crippen molar-refractivity contribution >= 4 is 17.6 Å². The van der Waals surface area contributed by atoms with Gasteiger partial charge in [-0.15, -0.1) is 0 Å². The van der Waals surface area contributed by atoms with Gasteiger partial charge in [-0.1, -0.05) is 6.07 Å². The first-order valence-electron chi connectivity index (χ1n) is 7.25. The summed E-state index contributed by atoms with van der Waals surface area (Å²) in [5, 5.41) is 2.81. The zero-order valence-corrected chi connectivity index (χ0v) is 12.5. The largest absolute Gasteiger partial charge is 0.341 e. The lowest BCUT2D eigenvalue weighted by molar-refractivity contribution is -0.135. The van der Waals surface area contributed by atoms with E-state index in [-0.39, 0.29) is 17.7 Å². The quantitative estimate of drug-likeness (QED) is 0.866. The molecule has 2 rings (SSSR count). The van der Waals surface area contributed by atoms with Crippen molar-refractivity contribution in [1.82, 2.24) is 9.88 Å². The van der Waals surface area contributed by atoms with Crippen LogP contribution in [0.5, 0.6) is 0 Å². The number of nitrogens with two attached hydrogens (primary N) is 1. The average molecular weight is 290 g/mol. The summed E-state index contributed by atoms with van der Waals surface area (Å²) >= 11 is 0. The Kier molecular flexibility index (Phi) is 4.90. The number of nitrogens with zero attached hydrogens (tertiary/aromatic N) is 2. The molecule has 2 amide bonds. The van der Waals surface area contributed by atoms with Crippen LogP contribution in [0.15, 0.2) is 18.3 Å². The van der Waals surface area contributed by atoms with E-state index < -0.39 is 6.04 Å². The lowest BCUT2D eigenvalue weighted by Gasteiger charge is -2.33. The van der Waals surface area contributed by atoms with E-state index in [9.17, 15) is 9.59 Å². The SMILES string of the molecule is Cc1ccc(NC(=O)C2CCCN(C(=O)[C@@H](C)N)C2)nc1. The van der Waals surface area contributed by atoms with Crippen molar-refractivity contribution in [2.45, 2.75) is 32.7 Å². The summed E-state index contributed by atoms with van der Waals surface area (Å²) in [6.07, 6.45) is 3.31. The highest BCUT2D eigenvalue weighted by atomic mass is 16.2. The van der Waals surface area contributed by atoms with Crippen LogP contribution in [-0.4, -0.2) is 40.8 Å². The molecular formula is C15H22N4O2. The number of nitrogens with one attached hydrogen (secondary N) is 1. The molecule has 3 N–H and O–H groups in total. The minimum absolute atomic E-state index is 0.0893. The van der Waals surface area contributed by atoms with Crippen LogP contribution >= 0.6 is 0 Å². The molecule has 6 nitrogen and oxygen atoms in total. The van der Waals surface area contributed by atoms with Gasteiger partial charge in [-0.05, 0) is 38.3 Å². The Morgan fingerprint density at radius 3 is 2.86 bits per heavy atom. The molecule has 1 aliphatic heterocycles. The molecule has 0 saturated carbocycles. The van der Waals surface area contributed by atoms with Crippen LogP contribution in [0.3, 0.4) is 0 Å². The van der Waals surface area contributed by atoms with E-state index in [0.29, 0.717) is 18.9 Å². The van der Waals surface area contributed by atoms with E-state index in [1.54, 1.807) is 24.1 Å². The standard InChI is InChI=1S/C15H22N4O2/c1-10-5-6-13(17-8-10)18-14(20)12-4-3-7-19(9-12)15(21)11(2)16/h5-6,8,11-12H,3-4,7,9,16H2,1-2H3,(H,17,18,20)/t11-,12?/m1/s1. The molecule has 1 aliphatic rings. The van der Waals surface area contributed by atoms with Gasteiger partial charge in [0.25, 0.3) is 0 Å². The number of hydrogen-bond acceptors (Lipinski definition) is 4. The number of anilines is 1. The molecule has 1 aromatic heterocycles. The minimum atomic E-state index is -0.523. The van der Waals surface area contributed by atoms with Crippen molar-refractivity contribution in [3.63, 3.8) is 0 Å². The van der Waals surface area contributed by atoms with E-state index in [0.717, 1.165) is 18.4 Å². The molecular weight excluding hydrogens is 268 g/mol. The van der Waals surface area contributed by atoms with E-state index in [1.807, 2.05) is 13.0 Å². The fraction of sp³-hybridized carbons (Fsp3) is 0.533. The smallest absolute Gasteiger partial charge is 0.239 e. The van der Waals surface area contributed by atoms with E-state index in [4.69, 9.17) is 5.73 Å². The number of aromatic nitrogens is 1. The fourth-order valence-electron chi connectivity index (χ4n) is 2.45. The Balaban J connectivity index is 1.96. The van der Waals surface area contributed by atoms with Gasteiger partial charge in [-0.3, -0.25) is 9.59 Å². The molecule has 21 heavy (non-hydrogen) atoms. The molecule has 0 aromatic carbocycles. The van der Waals surface area contributed by atoms with Gasteiger partial charge in [0.15, 0.2) is 0 Å². The number of amides is 2.